The molecule has 0 spiro atoms. The third-order valence-corrected chi connectivity index (χ3v) is 3.24. The Morgan fingerprint density at radius 2 is 1.83 bits per heavy atom. The Hall–Kier alpha value is -2.00. The van der Waals surface area contributed by atoms with Gasteiger partial charge in [0.05, 0.1) is 16.7 Å². The Labute approximate surface area is 109 Å². The van der Waals surface area contributed by atoms with Crippen molar-refractivity contribution in [2.24, 2.45) is 0 Å². The van der Waals surface area contributed by atoms with E-state index in [9.17, 15) is 4.79 Å². The summed E-state index contributed by atoms with van der Waals surface area (Å²) in [5.41, 5.74) is 3.48. The lowest BCUT2D eigenvalue weighted by Gasteiger charge is -2.05. The molecule has 3 rings (SSSR count). The molecule has 0 aliphatic heterocycles. The Morgan fingerprint density at radius 1 is 1.11 bits per heavy atom. The maximum absolute atomic E-state index is 12.1. The van der Waals surface area contributed by atoms with E-state index >= 15 is 0 Å². The number of rotatable bonds is 1. The van der Waals surface area contributed by atoms with Gasteiger partial charge in [-0.3, -0.25) is 4.57 Å². The first-order valence-electron chi connectivity index (χ1n) is 5.63. The molecule has 4 heteroatoms. The van der Waals surface area contributed by atoms with Gasteiger partial charge >= 0.3 is 5.69 Å². The van der Waals surface area contributed by atoms with Crippen LogP contribution in [0, 0.1) is 6.92 Å². The maximum Gasteiger partial charge on any atom is 0.331 e. The van der Waals surface area contributed by atoms with E-state index in [1.54, 1.807) is 16.7 Å². The fourth-order valence-corrected chi connectivity index (χ4v) is 2.29. The molecular formula is C14H11ClN2O. The van der Waals surface area contributed by atoms with Gasteiger partial charge in [-0.1, -0.05) is 23.7 Å². The van der Waals surface area contributed by atoms with Crippen molar-refractivity contribution in [1.29, 1.82) is 0 Å². The second kappa shape index (κ2) is 4.03. The van der Waals surface area contributed by atoms with Gasteiger partial charge in [0.25, 0.3) is 0 Å². The van der Waals surface area contributed by atoms with Crippen molar-refractivity contribution < 1.29 is 0 Å². The quantitative estimate of drug-likeness (QED) is 0.715. The molecule has 0 bridgehead atoms. The third-order valence-electron chi connectivity index (χ3n) is 2.99. The van der Waals surface area contributed by atoms with E-state index in [4.69, 9.17) is 11.6 Å². The fourth-order valence-electron chi connectivity index (χ4n) is 2.17. The third kappa shape index (κ3) is 1.64. The number of aromatic amines is 1. The molecular weight excluding hydrogens is 248 g/mol. The van der Waals surface area contributed by atoms with Crippen molar-refractivity contribution in [3.63, 3.8) is 0 Å². The van der Waals surface area contributed by atoms with E-state index in [1.807, 2.05) is 37.3 Å². The zero-order chi connectivity index (χ0) is 12.7. The number of aromatic nitrogens is 2. The van der Waals surface area contributed by atoms with Crippen LogP contribution in [-0.2, 0) is 0 Å². The second-order valence-electron chi connectivity index (χ2n) is 4.21. The van der Waals surface area contributed by atoms with Gasteiger partial charge in [-0.15, -0.1) is 0 Å². The molecule has 1 N–H and O–H groups in total. The normalized spacial score (nSPS) is 11.0. The highest BCUT2D eigenvalue weighted by Gasteiger charge is 2.10. The van der Waals surface area contributed by atoms with E-state index in [0.717, 1.165) is 22.3 Å². The summed E-state index contributed by atoms with van der Waals surface area (Å²) in [4.78, 5) is 14.9. The lowest BCUT2D eigenvalue weighted by Crippen LogP contribution is -2.14. The first-order valence-corrected chi connectivity index (χ1v) is 6.01. The zero-order valence-corrected chi connectivity index (χ0v) is 10.5. The minimum atomic E-state index is -0.137. The number of hydrogen-bond donors (Lipinski definition) is 1. The van der Waals surface area contributed by atoms with Crippen LogP contribution in [-0.4, -0.2) is 9.55 Å². The van der Waals surface area contributed by atoms with Crippen LogP contribution in [0.25, 0.3) is 16.7 Å². The average Bonchev–Trinajstić information content (AvgIpc) is 2.68. The molecule has 0 fully saturated rings. The van der Waals surface area contributed by atoms with E-state index in [2.05, 4.69) is 4.98 Å². The standard InChI is InChI=1S/C14H11ClN2O/c1-9-3-2-4-12-13(9)17(14(18)16-12)11-7-5-10(15)6-8-11/h2-8H,1H3,(H,16,18). The lowest BCUT2D eigenvalue weighted by atomic mass is 10.2. The largest absolute Gasteiger partial charge is 0.331 e. The van der Waals surface area contributed by atoms with Crippen molar-refractivity contribution in [3.05, 3.63) is 63.5 Å². The number of imidazole rings is 1. The van der Waals surface area contributed by atoms with Gasteiger partial charge in [-0.05, 0) is 42.8 Å². The number of hydrogen-bond acceptors (Lipinski definition) is 1. The van der Waals surface area contributed by atoms with Crippen LogP contribution in [0.4, 0.5) is 0 Å². The zero-order valence-electron chi connectivity index (χ0n) is 9.77. The number of halogens is 1. The molecule has 3 nitrogen and oxygen atoms in total. The monoisotopic (exact) mass is 258 g/mol. The van der Waals surface area contributed by atoms with Gasteiger partial charge in [0.1, 0.15) is 0 Å². The van der Waals surface area contributed by atoms with Gasteiger partial charge in [0, 0.05) is 5.02 Å². The molecule has 0 saturated carbocycles. The highest BCUT2D eigenvalue weighted by atomic mass is 35.5. The van der Waals surface area contributed by atoms with Crippen molar-refractivity contribution in [1.82, 2.24) is 9.55 Å². The Bertz CT molecular complexity index is 769. The van der Waals surface area contributed by atoms with Crippen molar-refractivity contribution in [2.75, 3.05) is 0 Å². The van der Waals surface area contributed by atoms with Crippen LogP contribution in [0.5, 0.6) is 0 Å². The van der Waals surface area contributed by atoms with Crippen LogP contribution in [0.2, 0.25) is 5.02 Å². The Kier molecular flexibility index (Phi) is 2.49. The molecule has 0 saturated heterocycles. The predicted molar refractivity (Wildman–Crippen MR) is 73.6 cm³/mol. The van der Waals surface area contributed by atoms with Crippen LogP contribution in [0.15, 0.2) is 47.3 Å². The molecule has 90 valence electrons. The van der Waals surface area contributed by atoms with Crippen molar-refractivity contribution in [3.8, 4) is 5.69 Å². The van der Waals surface area contributed by atoms with Gasteiger partial charge in [0.15, 0.2) is 0 Å². The van der Waals surface area contributed by atoms with Crippen molar-refractivity contribution >= 4 is 22.6 Å². The molecule has 3 aromatic rings. The SMILES string of the molecule is Cc1cccc2[nH]c(=O)n(-c3ccc(Cl)cc3)c12. The van der Waals surface area contributed by atoms with E-state index < -0.39 is 0 Å². The molecule has 0 aliphatic rings. The van der Waals surface area contributed by atoms with Gasteiger partial charge in [-0.2, -0.15) is 0 Å². The first-order chi connectivity index (χ1) is 8.66. The first kappa shape index (κ1) is 11.1. The number of nitrogens with zero attached hydrogens (tertiary/aromatic N) is 1. The van der Waals surface area contributed by atoms with Gasteiger partial charge in [-0.25, -0.2) is 4.79 Å². The number of aryl methyl sites for hydroxylation is 1. The summed E-state index contributed by atoms with van der Waals surface area (Å²) in [6.07, 6.45) is 0. The van der Waals surface area contributed by atoms with Crippen LogP contribution in [0.3, 0.4) is 0 Å². The molecule has 1 aromatic heterocycles. The minimum Gasteiger partial charge on any atom is -0.305 e. The number of nitrogens with one attached hydrogen (secondary N) is 1. The summed E-state index contributed by atoms with van der Waals surface area (Å²) in [6, 6.07) is 13.0. The molecule has 0 atom stereocenters. The topological polar surface area (TPSA) is 37.8 Å². The number of benzene rings is 2. The minimum absolute atomic E-state index is 0.137. The van der Waals surface area contributed by atoms with Crippen molar-refractivity contribution in [2.45, 2.75) is 6.92 Å². The molecule has 0 amide bonds. The second-order valence-corrected chi connectivity index (χ2v) is 4.65. The summed E-state index contributed by atoms with van der Waals surface area (Å²) in [5, 5.41) is 0.656. The summed E-state index contributed by atoms with van der Waals surface area (Å²) < 4.78 is 1.67. The number of para-hydroxylation sites is 1. The average molecular weight is 259 g/mol. The van der Waals surface area contributed by atoms with Gasteiger partial charge < -0.3 is 4.98 Å². The molecule has 18 heavy (non-hydrogen) atoms. The molecule has 0 unspecified atom stereocenters. The van der Waals surface area contributed by atoms with Crippen LogP contribution in [0.1, 0.15) is 5.56 Å². The molecule has 0 aliphatic carbocycles. The maximum atomic E-state index is 12.1. The summed E-state index contributed by atoms with van der Waals surface area (Å²) in [7, 11) is 0. The van der Waals surface area contributed by atoms with E-state index in [0.29, 0.717) is 5.02 Å². The molecule has 1 heterocycles. The Morgan fingerprint density at radius 3 is 2.56 bits per heavy atom. The highest BCUT2D eigenvalue weighted by molar-refractivity contribution is 6.30. The lowest BCUT2D eigenvalue weighted by molar-refractivity contribution is 1.01. The smallest absolute Gasteiger partial charge is 0.305 e. The fraction of sp³-hybridized carbons (Fsp3) is 0.0714. The Balaban J connectivity index is 2.38. The van der Waals surface area contributed by atoms with E-state index in [1.165, 1.54) is 0 Å². The summed E-state index contributed by atoms with van der Waals surface area (Å²) >= 11 is 5.87. The summed E-state index contributed by atoms with van der Waals surface area (Å²) in [6.45, 7) is 1.99. The van der Waals surface area contributed by atoms with E-state index in [-0.39, 0.29) is 5.69 Å². The van der Waals surface area contributed by atoms with Gasteiger partial charge in [0.2, 0.25) is 0 Å². The molecule has 0 radical (unpaired) electrons. The highest BCUT2D eigenvalue weighted by Crippen LogP contribution is 2.20. The van der Waals surface area contributed by atoms with Crippen LogP contribution < -0.4 is 5.69 Å². The molecule has 2 aromatic carbocycles. The predicted octanol–water partition coefficient (Wildman–Crippen LogP) is 3.28. The summed E-state index contributed by atoms with van der Waals surface area (Å²) in [5.74, 6) is 0. The van der Waals surface area contributed by atoms with Crippen LogP contribution >= 0.6 is 11.6 Å². The number of H-pyrrole nitrogens is 1. The number of fused-ring (bicyclic) bond motifs is 1.